The van der Waals surface area contributed by atoms with Gasteiger partial charge in [0.2, 0.25) is 0 Å². The summed E-state index contributed by atoms with van der Waals surface area (Å²) in [6.45, 7) is 0. The van der Waals surface area contributed by atoms with Crippen molar-refractivity contribution in [2.75, 3.05) is 0 Å². The van der Waals surface area contributed by atoms with Gasteiger partial charge in [-0.3, -0.25) is 0 Å². The summed E-state index contributed by atoms with van der Waals surface area (Å²) < 4.78 is 2.39. The molecule has 2 aromatic heterocycles. The van der Waals surface area contributed by atoms with E-state index in [4.69, 9.17) is 9.98 Å². The van der Waals surface area contributed by atoms with Crippen LogP contribution < -0.4 is 5.32 Å². The molecule has 63 heavy (non-hydrogen) atoms. The van der Waals surface area contributed by atoms with Crippen molar-refractivity contribution in [3.63, 3.8) is 0 Å². The molecule has 12 rings (SSSR count). The van der Waals surface area contributed by atoms with Gasteiger partial charge in [0.15, 0.2) is 0 Å². The molecular formula is C59H42N4. The van der Waals surface area contributed by atoms with Gasteiger partial charge in [-0.2, -0.15) is 0 Å². The van der Waals surface area contributed by atoms with Crippen molar-refractivity contribution >= 4 is 60.6 Å². The highest BCUT2D eigenvalue weighted by molar-refractivity contribution is 6.15. The van der Waals surface area contributed by atoms with E-state index in [9.17, 15) is 0 Å². The molecule has 10 aromatic rings. The number of aromatic nitrogens is 2. The van der Waals surface area contributed by atoms with Gasteiger partial charge >= 0.3 is 0 Å². The molecule has 4 heteroatoms. The number of benzene rings is 8. The second-order valence-electron chi connectivity index (χ2n) is 16.5. The predicted molar refractivity (Wildman–Crippen MR) is 264 cm³/mol. The quantitative estimate of drug-likeness (QED) is 0.163. The Kier molecular flexibility index (Phi) is 9.00. The van der Waals surface area contributed by atoms with Gasteiger partial charge in [-0.15, -0.1) is 0 Å². The molecule has 1 aliphatic heterocycles. The number of pyridine rings is 1. The number of allylic oxidation sites excluding steroid dienone is 2. The Morgan fingerprint density at radius 3 is 1.97 bits per heavy atom. The van der Waals surface area contributed by atoms with E-state index < -0.39 is 0 Å². The maximum absolute atomic E-state index is 5.33. The Bertz CT molecular complexity index is 3470. The van der Waals surface area contributed by atoms with Gasteiger partial charge in [-0.05, 0) is 112 Å². The van der Waals surface area contributed by atoms with E-state index in [1.54, 1.807) is 0 Å². The molecule has 0 saturated heterocycles. The van der Waals surface area contributed by atoms with Gasteiger partial charge in [0.1, 0.15) is 5.84 Å². The fraction of sp³-hybridized carbons (Fsp3) is 0.0508. The maximum atomic E-state index is 5.33. The largest absolute Gasteiger partial charge is 0.359 e. The first kappa shape index (κ1) is 36.7. The first-order chi connectivity index (χ1) is 31.2. The number of amidine groups is 1. The topological polar surface area (TPSA) is 42.2 Å². The zero-order chi connectivity index (χ0) is 41.7. The Balaban J connectivity index is 0.917. The molecule has 0 saturated carbocycles. The van der Waals surface area contributed by atoms with Crippen molar-refractivity contribution in [1.82, 2.24) is 14.9 Å². The highest BCUT2D eigenvalue weighted by Crippen LogP contribution is 2.39. The highest BCUT2D eigenvalue weighted by Gasteiger charge is 2.23. The molecule has 8 aromatic carbocycles. The van der Waals surface area contributed by atoms with Crippen LogP contribution in [-0.2, 0) is 0 Å². The van der Waals surface area contributed by atoms with Crippen LogP contribution in [0.2, 0.25) is 0 Å². The van der Waals surface area contributed by atoms with Crippen LogP contribution in [0.1, 0.15) is 35.6 Å². The van der Waals surface area contributed by atoms with Crippen molar-refractivity contribution in [1.29, 1.82) is 0 Å². The third kappa shape index (κ3) is 6.64. The van der Waals surface area contributed by atoms with E-state index in [0.717, 1.165) is 58.0 Å². The van der Waals surface area contributed by atoms with Crippen molar-refractivity contribution in [2.45, 2.75) is 18.9 Å². The van der Waals surface area contributed by atoms with Crippen LogP contribution in [-0.4, -0.2) is 15.4 Å². The van der Waals surface area contributed by atoms with E-state index in [0.29, 0.717) is 0 Å². The average Bonchev–Trinajstić information content (AvgIpc) is 3.71. The molecule has 3 heterocycles. The van der Waals surface area contributed by atoms with Gasteiger partial charge in [-0.1, -0.05) is 164 Å². The standard InChI is InChI=1S/C59H42N4/c1-4-16-39(17-5-1)51-37-53(40-18-6-2-7-19-40)60-52-33-31-44-34-43(30-32-48(44)58(51)52)42-22-14-24-46(35-42)59-61-54(41-20-8-3-9-21-41)38-55(62-59)45-23-15-25-47(36-45)63-56-28-12-10-26-49(56)50-27-11-13-29-57(50)63/h1-13,15-21,23-38,55H,14,22H2,(H,61,62). The van der Waals surface area contributed by atoms with Crippen LogP contribution in [0.25, 0.3) is 82.8 Å². The van der Waals surface area contributed by atoms with Gasteiger partial charge in [0, 0.05) is 33.0 Å². The summed E-state index contributed by atoms with van der Waals surface area (Å²) in [5.41, 5.74) is 15.9. The summed E-state index contributed by atoms with van der Waals surface area (Å²) in [6.07, 6.45) is 8.84. The molecule has 0 fully saturated rings. The lowest BCUT2D eigenvalue weighted by Crippen LogP contribution is -2.32. The van der Waals surface area contributed by atoms with E-state index in [2.05, 4.69) is 228 Å². The Hall–Kier alpha value is -8.08. The summed E-state index contributed by atoms with van der Waals surface area (Å²) in [5, 5.41) is 9.99. The van der Waals surface area contributed by atoms with Gasteiger partial charge in [0.25, 0.3) is 0 Å². The SMILES string of the molecule is C1=C(C2=NC(c3ccccc3)=CC(c3cccc(-n4c5ccccc5c5ccccc54)c3)N2)C=C(c2ccc3c(ccc4nc(-c5ccccc5)cc(-c5ccccc5)c43)c2)CC1. The minimum atomic E-state index is -0.0933. The van der Waals surface area contributed by atoms with Gasteiger partial charge in [-0.25, -0.2) is 9.98 Å². The molecule has 1 N–H and O–H groups in total. The van der Waals surface area contributed by atoms with Crippen molar-refractivity contribution < 1.29 is 0 Å². The first-order valence-electron chi connectivity index (χ1n) is 21.8. The number of hydrogen-bond donors (Lipinski definition) is 1. The molecule has 1 aliphatic carbocycles. The lowest BCUT2D eigenvalue weighted by atomic mass is 9.89. The predicted octanol–water partition coefficient (Wildman–Crippen LogP) is 14.7. The van der Waals surface area contributed by atoms with Crippen LogP contribution >= 0.6 is 0 Å². The van der Waals surface area contributed by atoms with E-state index in [1.807, 2.05) is 0 Å². The van der Waals surface area contributed by atoms with Crippen LogP contribution in [0.5, 0.6) is 0 Å². The molecule has 1 unspecified atom stereocenters. The van der Waals surface area contributed by atoms with Crippen LogP contribution in [0.4, 0.5) is 0 Å². The normalized spacial score (nSPS) is 15.2. The van der Waals surface area contributed by atoms with E-state index in [-0.39, 0.29) is 6.04 Å². The number of hydrogen-bond acceptors (Lipinski definition) is 3. The Labute approximate surface area is 366 Å². The molecule has 0 amide bonds. The second kappa shape index (κ2) is 15.4. The molecule has 4 nitrogen and oxygen atoms in total. The third-order valence-corrected chi connectivity index (χ3v) is 12.7. The minimum absolute atomic E-state index is 0.0933. The van der Waals surface area contributed by atoms with Gasteiger partial charge < -0.3 is 9.88 Å². The summed E-state index contributed by atoms with van der Waals surface area (Å²) in [7, 11) is 0. The molecular weight excluding hydrogens is 765 g/mol. The van der Waals surface area contributed by atoms with Crippen LogP contribution in [0.15, 0.2) is 229 Å². The Morgan fingerprint density at radius 1 is 0.540 bits per heavy atom. The molecule has 0 bridgehead atoms. The van der Waals surface area contributed by atoms with E-state index in [1.165, 1.54) is 65.8 Å². The molecule has 0 radical (unpaired) electrons. The summed E-state index contributed by atoms with van der Waals surface area (Å²) >= 11 is 0. The number of aliphatic imine (C=N–C) groups is 1. The minimum Gasteiger partial charge on any atom is -0.359 e. The lowest BCUT2D eigenvalue weighted by Gasteiger charge is -2.26. The fourth-order valence-corrected chi connectivity index (χ4v) is 9.65. The Morgan fingerprint density at radius 2 is 1.22 bits per heavy atom. The smallest absolute Gasteiger partial charge is 0.134 e. The van der Waals surface area contributed by atoms with Crippen molar-refractivity contribution in [3.8, 4) is 28.1 Å². The maximum Gasteiger partial charge on any atom is 0.134 e. The number of nitrogens with one attached hydrogen (secondary N) is 1. The number of rotatable bonds is 7. The molecule has 2 aliphatic rings. The number of para-hydroxylation sites is 2. The van der Waals surface area contributed by atoms with Crippen molar-refractivity contribution in [3.05, 3.63) is 241 Å². The molecule has 298 valence electrons. The zero-order valence-electron chi connectivity index (χ0n) is 34.6. The lowest BCUT2D eigenvalue weighted by molar-refractivity contribution is 0.778. The summed E-state index contributed by atoms with van der Waals surface area (Å²) in [5.74, 6) is 0.889. The first-order valence-corrected chi connectivity index (χ1v) is 21.8. The number of fused-ring (bicyclic) bond motifs is 6. The van der Waals surface area contributed by atoms with Crippen molar-refractivity contribution in [2.24, 2.45) is 4.99 Å². The monoisotopic (exact) mass is 806 g/mol. The van der Waals surface area contributed by atoms with Crippen LogP contribution in [0.3, 0.4) is 0 Å². The third-order valence-electron chi connectivity index (χ3n) is 12.7. The molecule has 1 atom stereocenters. The fourth-order valence-electron chi connectivity index (χ4n) is 9.65. The second-order valence-corrected chi connectivity index (χ2v) is 16.5. The number of nitrogens with zero attached hydrogens (tertiary/aromatic N) is 3. The highest BCUT2D eigenvalue weighted by atomic mass is 15.1. The summed E-state index contributed by atoms with van der Waals surface area (Å²) in [6, 6.07) is 71.6. The zero-order valence-corrected chi connectivity index (χ0v) is 34.6. The van der Waals surface area contributed by atoms with E-state index >= 15 is 0 Å². The summed E-state index contributed by atoms with van der Waals surface area (Å²) in [4.78, 5) is 10.5. The van der Waals surface area contributed by atoms with Gasteiger partial charge in [0.05, 0.1) is 34.0 Å². The average molecular weight is 807 g/mol. The van der Waals surface area contributed by atoms with Crippen LogP contribution in [0, 0.1) is 0 Å². The molecule has 0 spiro atoms.